The zero-order valence-corrected chi connectivity index (χ0v) is 11.0. The SMILES string of the molecule is Cc1ccc([C@@H]2NC(=O)OCC2(C)C)cc1Cl. The van der Waals surface area contributed by atoms with Gasteiger partial charge in [-0.1, -0.05) is 37.6 Å². The molecule has 2 rings (SSSR count). The minimum absolute atomic E-state index is 0.0677. The Hall–Kier alpha value is -1.22. The molecule has 3 nitrogen and oxygen atoms in total. The first-order valence-corrected chi connectivity index (χ1v) is 5.97. The molecule has 1 aliphatic heterocycles. The maximum atomic E-state index is 11.3. The number of nitrogens with one attached hydrogen (secondary N) is 1. The van der Waals surface area contributed by atoms with E-state index >= 15 is 0 Å². The average molecular weight is 254 g/mol. The number of hydrogen-bond acceptors (Lipinski definition) is 2. The number of rotatable bonds is 1. The van der Waals surface area contributed by atoms with Crippen molar-refractivity contribution >= 4 is 17.7 Å². The molecule has 1 amide bonds. The van der Waals surface area contributed by atoms with Crippen LogP contribution in [0, 0.1) is 12.3 Å². The highest BCUT2D eigenvalue weighted by molar-refractivity contribution is 6.31. The Morgan fingerprint density at radius 2 is 2.18 bits per heavy atom. The lowest BCUT2D eigenvalue weighted by Crippen LogP contribution is -2.46. The number of aryl methyl sites for hydroxylation is 1. The molecule has 0 aromatic heterocycles. The van der Waals surface area contributed by atoms with Crippen LogP contribution in [0.25, 0.3) is 0 Å². The molecule has 1 fully saturated rings. The molecule has 0 bridgehead atoms. The largest absolute Gasteiger partial charge is 0.449 e. The van der Waals surface area contributed by atoms with Crippen LogP contribution in [-0.4, -0.2) is 12.7 Å². The van der Waals surface area contributed by atoms with Gasteiger partial charge in [0.25, 0.3) is 0 Å². The zero-order valence-electron chi connectivity index (χ0n) is 10.2. The molecular weight excluding hydrogens is 238 g/mol. The van der Waals surface area contributed by atoms with E-state index in [2.05, 4.69) is 19.2 Å². The van der Waals surface area contributed by atoms with Crippen LogP contribution in [0.2, 0.25) is 5.02 Å². The second-order valence-corrected chi connectivity index (χ2v) is 5.56. The van der Waals surface area contributed by atoms with Crippen molar-refractivity contribution in [2.24, 2.45) is 5.41 Å². The lowest BCUT2D eigenvalue weighted by atomic mass is 9.80. The Morgan fingerprint density at radius 3 is 2.82 bits per heavy atom. The van der Waals surface area contributed by atoms with E-state index in [1.54, 1.807) is 0 Å². The van der Waals surface area contributed by atoms with E-state index in [1.807, 2.05) is 25.1 Å². The molecule has 1 atom stereocenters. The molecule has 4 heteroatoms. The number of hydrogen-bond donors (Lipinski definition) is 1. The summed E-state index contributed by atoms with van der Waals surface area (Å²) < 4.78 is 5.02. The van der Waals surface area contributed by atoms with Gasteiger partial charge in [-0.25, -0.2) is 4.79 Å². The van der Waals surface area contributed by atoms with Crippen LogP contribution in [0.15, 0.2) is 18.2 Å². The van der Waals surface area contributed by atoms with Crippen LogP contribution in [-0.2, 0) is 4.74 Å². The summed E-state index contributed by atoms with van der Waals surface area (Å²) in [5.41, 5.74) is 1.90. The molecule has 1 aliphatic rings. The number of benzene rings is 1. The van der Waals surface area contributed by atoms with E-state index < -0.39 is 0 Å². The first-order valence-electron chi connectivity index (χ1n) is 5.59. The van der Waals surface area contributed by atoms with E-state index in [0.717, 1.165) is 16.1 Å². The van der Waals surface area contributed by atoms with Crippen molar-refractivity contribution in [3.63, 3.8) is 0 Å². The fourth-order valence-corrected chi connectivity index (χ4v) is 2.20. The smallest absolute Gasteiger partial charge is 0.407 e. The summed E-state index contributed by atoms with van der Waals surface area (Å²) >= 11 is 6.12. The maximum absolute atomic E-state index is 11.3. The molecule has 1 heterocycles. The molecule has 0 spiro atoms. The van der Waals surface area contributed by atoms with Crippen LogP contribution in [0.4, 0.5) is 4.79 Å². The molecule has 1 aromatic rings. The molecule has 0 aliphatic carbocycles. The van der Waals surface area contributed by atoms with Gasteiger partial charge in [0.15, 0.2) is 0 Å². The second kappa shape index (κ2) is 4.22. The Bertz CT molecular complexity index is 457. The highest BCUT2D eigenvalue weighted by atomic mass is 35.5. The fraction of sp³-hybridized carbons (Fsp3) is 0.462. The van der Waals surface area contributed by atoms with Gasteiger partial charge in [0.2, 0.25) is 0 Å². The average Bonchev–Trinajstić information content (AvgIpc) is 2.26. The number of carbonyl (C=O) groups is 1. The highest BCUT2D eigenvalue weighted by Gasteiger charge is 2.37. The molecule has 1 aromatic carbocycles. The van der Waals surface area contributed by atoms with Crippen LogP contribution >= 0.6 is 11.6 Å². The van der Waals surface area contributed by atoms with Crippen molar-refractivity contribution in [2.75, 3.05) is 6.61 Å². The normalized spacial score (nSPS) is 22.8. The molecule has 0 unspecified atom stereocenters. The van der Waals surface area contributed by atoms with Crippen molar-refractivity contribution in [1.82, 2.24) is 5.32 Å². The Labute approximate surface area is 106 Å². The second-order valence-electron chi connectivity index (χ2n) is 5.15. The van der Waals surface area contributed by atoms with Crippen LogP contribution in [0.1, 0.15) is 31.0 Å². The fourth-order valence-electron chi connectivity index (χ4n) is 2.01. The Kier molecular flexibility index (Phi) is 3.04. The van der Waals surface area contributed by atoms with E-state index in [1.165, 1.54) is 0 Å². The van der Waals surface area contributed by atoms with Crippen molar-refractivity contribution in [1.29, 1.82) is 0 Å². The van der Waals surface area contributed by atoms with Gasteiger partial charge in [-0.05, 0) is 24.1 Å². The van der Waals surface area contributed by atoms with Gasteiger partial charge in [0.05, 0.1) is 6.04 Å². The van der Waals surface area contributed by atoms with Crippen molar-refractivity contribution in [2.45, 2.75) is 26.8 Å². The van der Waals surface area contributed by atoms with Crippen molar-refractivity contribution < 1.29 is 9.53 Å². The third kappa shape index (κ3) is 2.39. The number of ether oxygens (including phenoxy) is 1. The molecule has 1 saturated heterocycles. The van der Waals surface area contributed by atoms with Crippen LogP contribution < -0.4 is 5.32 Å². The van der Waals surface area contributed by atoms with Gasteiger partial charge in [0.1, 0.15) is 6.61 Å². The summed E-state index contributed by atoms with van der Waals surface area (Å²) in [6, 6.07) is 5.81. The van der Waals surface area contributed by atoms with Crippen LogP contribution in [0.3, 0.4) is 0 Å². The standard InChI is InChI=1S/C13H16ClNO2/c1-8-4-5-9(6-10(8)14)11-13(2,3)7-17-12(16)15-11/h4-6,11H,7H2,1-3H3,(H,15,16)/t11-/m0/s1. The lowest BCUT2D eigenvalue weighted by molar-refractivity contribution is 0.0387. The first-order chi connectivity index (χ1) is 7.90. The first kappa shape index (κ1) is 12.2. The molecule has 92 valence electrons. The van der Waals surface area contributed by atoms with E-state index in [9.17, 15) is 4.79 Å². The minimum atomic E-state index is -0.369. The summed E-state index contributed by atoms with van der Waals surface area (Å²) in [6.45, 7) is 6.49. The van der Waals surface area contributed by atoms with Gasteiger partial charge in [-0.2, -0.15) is 0 Å². The lowest BCUT2D eigenvalue weighted by Gasteiger charge is -2.38. The molecule has 1 N–H and O–H groups in total. The number of cyclic esters (lactones) is 1. The summed E-state index contributed by atoms with van der Waals surface area (Å²) in [7, 11) is 0. The highest BCUT2D eigenvalue weighted by Crippen LogP contribution is 2.37. The topological polar surface area (TPSA) is 38.3 Å². The quantitative estimate of drug-likeness (QED) is 0.832. The van der Waals surface area contributed by atoms with E-state index in [-0.39, 0.29) is 17.6 Å². The van der Waals surface area contributed by atoms with Gasteiger partial charge >= 0.3 is 6.09 Å². The van der Waals surface area contributed by atoms with Crippen molar-refractivity contribution in [3.05, 3.63) is 34.3 Å². The Balaban J connectivity index is 2.36. The van der Waals surface area contributed by atoms with Gasteiger partial charge in [0, 0.05) is 10.4 Å². The molecule has 0 saturated carbocycles. The number of halogens is 1. The summed E-state index contributed by atoms with van der Waals surface area (Å²) in [5.74, 6) is 0. The van der Waals surface area contributed by atoms with E-state index in [4.69, 9.17) is 16.3 Å². The molecule has 0 radical (unpaired) electrons. The van der Waals surface area contributed by atoms with E-state index in [0.29, 0.717) is 6.61 Å². The summed E-state index contributed by atoms with van der Waals surface area (Å²) in [6.07, 6.45) is -0.369. The third-order valence-corrected chi connectivity index (χ3v) is 3.56. The van der Waals surface area contributed by atoms with Gasteiger partial charge in [-0.15, -0.1) is 0 Å². The predicted molar refractivity (Wildman–Crippen MR) is 67.2 cm³/mol. The molecule has 17 heavy (non-hydrogen) atoms. The minimum Gasteiger partial charge on any atom is -0.449 e. The predicted octanol–water partition coefficient (Wildman–Crippen LogP) is 3.46. The number of carbonyl (C=O) groups excluding carboxylic acids is 1. The number of alkyl carbamates (subject to hydrolysis) is 1. The number of amides is 1. The summed E-state index contributed by atoms with van der Waals surface area (Å²) in [4.78, 5) is 11.3. The third-order valence-electron chi connectivity index (χ3n) is 3.15. The maximum Gasteiger partial charge on any atom is 0.407 e. The zero-order chi connectivity index (χ0) is 12.6. The monoisotopic (exact) mass is 253 g/mol. The Morgan fingerprint density at radius 1 is 1.47 bits per heavy atom. The van der Waals surface area contributed by atoms with Crippen LogP contribution in [0.5, 0.6) is 0 Å². The summed E-state index contributed by atoms with van der Waals surface area (Å²) in [5, 5.41) is 3.57. The van der Waals surface area contributed by atoms with Crippen molar-refractivity contribution in [3.8, 4) is 0 Å². The van der Waals surface area contributed by atoms with Gasteiger partial charge < -0.3 is 10.1 Å². The molecular formula is C13H16ClNO2. The van der Waals surface area contributed by atoms with Gasteiger partial charge in [-0.3, -0.25) is 0 Å².